The second-order valence-corrected chi connectivity index (χ2v) is 5.88. The van der Waals surface area contributed by atoms with Crippen molar-refractivity contribution in [1.29, 1.82) is 0 Å². The summed E-state index contributed by atoms with van der Waals surface area (Å²) < 4.78 is 2.02. The predicted molar refractivity (Wildman–Crippen MR) is 73.4 cm³/mol. The van der Waals surface area contributed by atoms with Gasteiger partial charge in [0, 0.05) is 25.6 Å². The largest absolute Gasteiger partial charge is 0.313 e. The molecule has 0 aromatic carbocycles. The zero-order valence-corrected chi connectivity index (χ0v) is 11.9. The van der Waals surface area contributed by atoms with Gasteiger partial charge in [-0.2, -0.15) is 5.10 Å². The fourth-order valence-electron chi connectivity index (χ4n) is 2.59. The molecule has 1 aromatic rings. The van der Waals surface area contributed by atoms with E-state index in [2.05, 4.69) is 36.2 Å². The maximum absolute atomic E-state index is 4.42. The van der Waals surface area contributed by atoms with Gasteiger partial charge in [-0.25, -0.2) is 4.98 Å². The van der Waals surface area contributed by atoms with E-state index in [4.69, 9.17) is 0 Å². The van der Waals surface area contributed by atoms with E-state index in [1.165, 1.54) is 25.7 Å². The summed E-state index contributed by atoms with van der Waals surface area (Å²) in [6, 6.07) is 0.783. The Hall–Kier alpha value is -0.900. The van der Waals surface area contributed by atoms with Crippen LogP contribution in [0.3, 0.4) is 0 Å². The predicted octanol–water partition coefficient (Wildman–Crippen LogP) is 2.40. The lowest BCUT2D eigenvalue weighted by Gasteiger charge is -2.29. The molecule has 4 heteroatoms. The number of hydrogen-bond donors (Lipinski definition) is 1. The van der Waals surface area contributed by atoms with Crippen molar-refractivity contribution in [2.75, 3.05) is 6.54 Å². The van der Waals surface area contributed by atoms with E-state index in [0.717, 1.165) is 31.4 Å². The molecule has 18 heavy (non-hydrogen) atoms. The average Bonchev–Trinajstić information content (AvgIpc) is 3.07. The Morgan fingerprint density at radius 1 is 1.44 bits per heavy atom. The van der Waals surface area contributed by atoms with Crippen LogP contribution in [0.5, 0.6) is 0 Å². The molecule has 1 N–H and O–H groups in total. The Morgan fingerprint density at radius 2 is 2.22 bits per heavy atom. The third-order valence-electron chi connectivity index (χ3n) is 3.83. The van der Waals surface area contributed by atoms with E-state index in [1.807, 2.05) is 4.68 Å². The molecule has 0 amide bonds. The Balaban J connectivity index is 1.98. The number of nitrogens with zero attached hydrogens (tertiary/aromatic N) is 3. The highest BCUT2D eigenvalue weighted by Crippen LogP contribution is 2.29. The first-order valence-corrected chi connectivity index (χ1v) is 7.27. The Bertz CT molecular complexity index is 370. The molecular weight excluding hydrogens is 224 g/mol. The summed E-state index contributed by atoms with van der Waals surface area (Å²) in [6.45, 7) is 8.77. The van der Waals surface area contributed by atoms with Crippen LogP contribution >= 0.6 is 0 Å². The van der Waals surface area contributed by atoms with Crippen molar-refractivity contribution in [3.05, 3.63) is 12.2 Å². The summed E-state index contributed by atoms with van der Waals surface area (Å²) >= 11 is 0. The second-order valence-electron chi connectivity index (χ2n) is 5.88. The highest BCUT2D eigenvalue weighted by Gasteiger charge is 2.29. The molecule has 0 bridgehead atoms. The minimum Gasteiger partial charge on any atom is -0.313 e. The zero-order chi connectivity index (χ0) is 13.0. The van der Waals surface area contributed by atoms with Gasteiger partial charge in [-0.15, -0.1) is 0 Å². The topological polar surface area (TPSA) is 42.7 Å². The fourth-order valence-corrected chi connectivity index (χ4v) is 2.59. The lowest BCUT2D eigenvalue weighted by Crippen LogP contribution is -2.35. The molecule has 1 atom stereocenters. The van der Waals surface area contributed by atoms with Crippen molar-refractivity contribution in [3.8, 4) is 0 Å². The van der Waals surface area contributed by atoms with Gasteiger partial charge in [-0.05, 0) is 31.6 Å². The molecule has 1 heterocycles. The van der Waals surface area contributed by atoms with Gasteiger partial charge < -0.3 is 5.32 Å². The number of rotatable bonds is 8. The quantitative estimate of drug-likeness (QED) is 0.770. The minimum absolute atomic E-state index is 0.303. The molecule has 0 radical (unpaired) electrons. The number of aromatic nitrogens is 3. The summed E-state index contributed by atoms with van der Waals surface area (Å²) in [4.78, 5) is 4.42. The van der Waals surface area contributed by atoms with Crippen LogP contribution in [0.1, 0.15) is 52.3 Å². The van der Waals surface area contributed by atoms with Gasteiger partial charge in [0.2, 0.25) is 0 Å². The molecule has 1 fully saturated rings. The van der Waals surface area contributed by atoms with E-state index in [9.17, 15) is 0 Å². The van der Waals surface area contributed by atoms with Crippen LogP contribution in [-0.4, -0.2) is 27.4 Å². The number of hydrogen-bond acceptors (Lipinski definition) is 3. The van der Waals surface area contributed by atoms with Crippen LogP contribution in [0.4, 0.5) is 0 Å². The molecule has 1 saturated carbocycles. The van der Waals surface area contributed by atoms with Gasteiger partial charge in [0.05, 0.1) is 0 Å². The van der Waals surface area contributed by atoms with E-state index in [1.54, 1.807) is 6.33 Å². The molecule has 0 saturated heterocycles. The van der Waals surface area contributed by atoms with Gasteiger partial charge in [-0.1, -0.05) is 20.3 Å². The lowest BCUT2D eigenvalue weighted by atomic mass is 9.81. The third-order valence-corrected chi connectivity index (χ3v) is 3.83. The molecular formula is C14H26N4. The molecule has 1 unspecified atom stereocenters. The third kappa shape index (κ3) is 3.55. The summed E-state index contributed by atoms with van der Waals surface area (Å²) in [5.41, 5.74) is 0.303. The fraction of sp³-hybridized carbons (Fsp3) is 0.857. The van der Waals surface area contributed by atoms with Crippen molar-refractivity contribution in [3.63, 3.8) is 0 Å². The SMILES string of the molecule is CCCC(C)(CNC1CC1)Cc1ncnn1CC. The van der Waals surface area contributed by atoms with Crippen molar-refractivity contribution in [1.82, 2.24) is 20.1 Å². The maximum atomic E-state index is 4.42. The summed E-state index contributed by atoms with van der Waals surface area (Å²) in [7, 11) is 0. The van der Waals surface area contributed by atoms with Crippen LogP contribution in [0.2, 0.25) is 0 Å². The molecule has 0 aliphatic heterocycles. The Kier molecular flexibility index (Phi) is 4.38. The first-order chi connectivity index (χ1) is 8.67. The summed E-state index contributed by atoms with van der Waals surface area (Å²) in [6.07, 6.45) is 7.88. The standard InChI is InChI=1S/C14H26N4/c1-4-8-14(3,10-15-12-6-7-12)9-13-16-11-17-18(13)5-2/h11-12,15H,4-10H2,1-3H3. The van der Waals surface area contributed by atoms with Crippen molar-refractivity contribution < 1.29 is 0 Å². The lowest BCUT2D eigenvalue weighted by molar-refractivity contribution is 0.264. The average molecular weight is 250 g/mol. The maximum Gasteiger partial charge on any atom is 0.138 e. The van der Waals surface area contributed by atoms with Gasteiger partial charge in [0.1, 0.15) is 12.2 Å². The van der Waals surface area contributed by atoms with Crippen LogP contribution in [0, 0.1) is 5.41 Å². The van der Waals surface area contributed by atoms with E-state index < -0.39 is 0 Å². The Labute approximate surface area is 110 Å². The van der Waals surface area contributed by atoms with Gasteiger partial charge in [0.15, 0.2) is 0 Å². The molecule has 2 rings (SSSR count). The van der Waals surface area contributed by atoms with E-state index >= 15 is 0 Å². The van der Waals surface area contributed by atoms with Crippen LogP contribution in [-0.2, 0) is 13.0 Å². The molecule has 1 aliphatic rings. The number of aryl methyl sites for hydroxylation is 1. The van der Waals surface area contributed by atoms with Gasteiger partial charge in [0.25, 0.3) is 0 Å². The molecule has 1 aromatic heterocycles. The van der Waals surface area contributed by atoms with Gasteiger partial charge >= 0.3 is 0 Å². The van der Waals surface area contributed by atoms with Crippen LogP contribution in [0.15, 0.2) is 6.33 Å². The van der Waals surface area contributed by atoms with Crippen molar-refractivity contribution >= 4 is 0 Å². The monoisotopic (exact) mass is 250 g/mol. The minimum atomic E-state index is 0.303. The molecule has 102 valence electrons. The molecule has 1 aliphatic carbocycles. The normalized spacial score (nSPS) is 18.8. The van der Waals surface area contributed by atoms with E-state index in [0.29, 0.717) is 5.41 Å². The van der Waals surface area contributed by atoms with Crippen molar-refractivity contribution in [2.45, 2.75) is 65.5 Å². The highest BCUT2D eigenvalue weighted by atomic mass is 15.3. The Morgan fingerprint density at radius 3 is 2.83 bits per heavy atom. The summed E-state index contributed by atoms with van der Waals surface area (Å²) in [5, 5.41) is 7.95. The van der Waals surface area contributed by atoms with E-state index in [-0.39, 0.29) is 0 Å². The van der Waals surface area contributed by atoms with Crippen LogP contribution < -0.4 is 5.32 Å². The van der Waals surface area contributed by atoms with Gasteiger partial charge in [-0.3, -0.25) is 4.68 Å². The first-order valence-electron chi connectivity index (χ1n) is 7.27. The molecule has 0 spiro atoms. The molecule has 4 nitrogen and oxygen atoms in total. The summed E-state index contributed by atoms with van der Waals surface area (Å²) in [5.74, 6) is 1.13. The second kappa shape index (κ2) is 5.83. The van der Waals surface area contributed by atoms with Crippen molar-refractivity contribution in [2.24, 2.45) is 5.41 Å². The zero-order valence-electron chi connectivity index (χ0n) is 11.9. The first kappa shape index (κ1) is 13.5. The number of nitrogens with one attached hydrogen (secondary N) is 1. The van der Waals surface area contributed by atoms with Crippen LogP contribution in [0.25, 0.3) is 0 Å². The highest BCUT2D eigenvalue weighted by molar-refractivity contribution is 4.94. The smallest absolute Gasteiger partial charge is 0.138 e.